The molecule has 1 saturated carbocycles. The van der Waals surface area contributed by atoms with E-state index in [2.05, 4.69) is 5.32 Å². The molecular formula is C23H20Cl2N2O5. The van der Waals surface area contributed by atoms with Gasteiger partial charge in [0.1, 0.15) is 0 Å². The molecule has 0 aromatic heterocycles. The highest BCUT2D eigenvalue weighted by atomic mass is 35.5. The maximum Gasteiger partial charge on any atom is 0.338 e. The van der Waals surface area contributed by atoms with Crippen LogP contribution in [0.5, 0.6) is 0 Å². The molecule has 1 heterocycles. The number of benzene rings is 2. The van der Waals surface area contributed by atoms with Gasteiger partial charge in [0.2, 0.25) is 11.8 Å². The van der Waals surface area contributed by atoms with E-state index in [1.165, 1.54) is 29.2 Å². The quantitative estimate of drug-likeness (QED) is 0.509. The zero-order valence-electron chi connectivity index (χ0n) is 17.0. The molecule has 166 valence electrons. The fraction of sp³-hybridized carbons (Fsp3) is 0.304. The largest absolute Gasteiger partial charge is 0.452 e. The first-order chi connectivity index (χ1) is 15.3. The molecule has 0 radical (unpaired) electrons. The number of ether oxygens (including phenoxy) is 1. The van der Waals surface area contributed by atoms with Crippen molar-refractivity contribution in [1.29, 1.82) is 0 Å². The Morgan fingerprint density at radius 2 is 1.66 bits per heavy atom. The number of imide groups is 1. The van der Waals surface area contributed by atoms with Crippen LogP contribution in [0, 0.1) is 11.8 Å². The van der Waals surface area contributed by atoms with Gasteiger partial charge in [-0.15, -0.1) is 0 Å². The Bertz CT molecular complexity index is 1080. The number of esters is 1. The standard InChI is InChI=1S/C23H20Cl2N2O5/c24-18-9-8-14(11-19(18)25)26-20(28)12-32-23(31)13-4-3-5-15(10-13)27-21(29)16-6-1-2-7-17(16)22(27)30/h3-5,8-11,16-17H,1-2,6-7,12H2,(H,26,28)/t16-,17-/m1/s1. The Labute approximate surface area is 194 Å². The second kappa shape index (κ2) is 9.30. The van der Waals surface area contributed by atoms with Crippen molar-refractivity contribution < 1.29 is 23.9 Å². The number of hydrogen-bond acceptors (Lipinski definition) is 5. The Morgan fingerprint density at radius 3 is 2.31 bits per heavy atom. The van der Waals surface area contributed by atoms with Crippen LogP contribution >= 0.6 is 23.2 Å². The van der Waals surface area contributed by atoms with Crippen LogP contribution < -0.4 is 10.2 Å². The van der Waals surface area contributed by atoms with Gasteiger partial charge in [0.05, 0.1) is 33.1 Å². The third-order valence-corrected chi connectivity index (χ3v) is 6.46. The summed E-state index contributed by atoms with van der Waals surface area (Å²) in [7, 11) is 0. The number of anilines is 2. The maximum atomic E-state index is 12.8. The second-order valence-electron chi connectivity index (χ2n) is 7.81. The Hall–Kier alpha value is -2.90. The average molecular weight is 475 g/mol. The first-order valence-electron chi connectivity index (χ1n) is 10.2. The molecule has 3 amide bonds. The molecule has 1 aliphatic heterocycles. The van der Waals surface area contributed by atoms with Crippen LogP contribution in [0.25, 0.3) is 0 Å². The van der Waals surface area contributed by atoms with Crippen molar-refractivity contribution in [3.8, 4) is 0 Å². The monoisotopic (exact) mass is 474 g/mol. The molecule has 2 aromatic carbocycles. The molecule has 0 spiro atoms. The lowest BCUT2D eigenvalue weighted by Gasteiger charge is -2.19. The highest BCUT2D eigenvalue weighted by molar-refractivity contribution is 6.42. The highest BCUT2D eigenvalue weighted by Gasteiger charge is 2.48. The molecule has 1 N–H and O–H groups in total. The summed E-state index contributed by atoms with van der Waals surface area (Å²) in [6, 6.07) is 10.7. The summed E-state index contributed by atoms with van der Waals surface area (Å²) in [4.78, 5) is 51.3. The molecule has 2 aliphatic rings. The van der Waals surface area contributed by atoms with Crippen molar-refractivity contribution in [2.45, 2.75) is 25.7 Å². The highest BCUT2D eigenvalue weighted by Crippen LogP contribution is 2.40. The second-order valence-corrected chi connectivity index (χ2v) is 8.63. The molecule has 7 nitrogen and oxygen atoms in total. The van der Waals surface area contributed by atoms with E-state index >= 15 is 0 Å². The lowest BCUT2D eigenvalue weighted by Crippen LogP contribution is -2.31. The van der Waals surface area contributed by atoms with Gasteiger partial charge < -0.3 is 10.1 Å². The number of halogens is 2. The normalized spacial score (nSPS) is 20.1. The molecule has 2 atom stereocenters. The fourth-order valence-electron chi connectivity index (χ4n) is 4.17. The van der Waals surface area contributed by atoms with Gasteiger partial charge in [-0.05, 0) is 49.2 Å². The lowest BCUT2D eigenvalue weighted by molar-refractivity contribution is -0.122. The van der Waals surface area contributed by atoms with E-state index < -0.39 is 18.5 Å². The van der Waals surface area contributed by atoms with Crippen LogP contribution in [0.1, 0.15) is 36.0 Å². The van der Waals surface area contributed by atoms with Crippen LogP contribution in [0.3, 0.4) is 0 Å². The topological polar surface area (TPSA) is 92.8 Å². The zero-order chi connectivity index (χ0) is 22.8. The molecule has 32 heavy (non-hydrogen) atoms. The van der Waals surface area contributed by atoms with Crippen LogP contribution in [-0.2, 0) is 19.1 Å². The van der Waals surface area contributed by atoms with Gasteiger partial charge in [0, 0.05) is 5.69 Å². The molecular weight excluding hydrogens is 455 g/mol. The van der Waals surface area contributed by atoms with Crippen molar-refractivity contribution in [1.82, 2.24) is 0 Å². The predicted octanol–water partition coefficient (Wildman–Crippen LogP) is 4.47. The number of hydrogen-bond donors (Lipinski definition) is 1. The summed E-state index contributed by atoms with van der Waals surface area (Å²) in [5.41, 5.74) is 0.888. The number of amides is 3. The minimum absolute atomic E-state index is 0.139. The van der Waals surface area contributed by atoms with Gasteiger partial charge >= 0.3 is 5.97 Å². The first kappa shape index (κ1) is 22.3. The number of carbonyl (C=O) groups excluding carboxylic acids is 4. The van der Waals surface area contributed by atoms with E-state index in [1.54, 1.807) is 18.2 Å². The maximum absolute atomic E-state index is 12.8. The number of nitrogens with one attached hydrogen (secondary N) is 1. The molecule has 2 fully saturated rings. The Balaban J connectivity index is 1.40. The first-order valence-corrected chi connectivity index (χ1v) is 11.0. The van der Waals surface area contributed by atoms with Gasteiger partial charge in [-0.1, -0.05) is 42.1 Å². The van der Waals surface area contributed by atoms with Crippen LogP contribution in [-0.4, -0.2) is 30.3 Å². The summed E-state index contributed by atoms with van der Waals surface area (Å²) in [5, 5.41) is 3.19. The van der Waals surface area contributed by atoms with Crippen LogP contribution in [0.4, 0.5) is 11.4 Å². The van der Waals surface area contributed by atoms with Crippen molar-refractivity contribution in [2.24, 2.45) is 11.8 Å². The van der Waals surface area contributed by atoms with E-state index in [-0.39, 0.29) is 34.2 Å². The molecule has 0 unspecified atom stereocenters. The molecule has 9 heteroatoms. The van der Waals surface area contributed by atoms with Crippen LogP contribution in [0.15, 0.2) is 42.5 Å². The minimum atomic E-state index is -0.743. The number of rotatable bonds is 5. The Kier molecular flexibility index (Phi) is 6.48. The van der Waals surface area contributed by atoms with Gasteiger partial charge in [-0.25, -0.2) is 4.79 Å². The van der Waals surface area contributed by atoms with E-state index in [0.717, 1.165) is 12.8 Å². The summed E-state index contributed by atoms with van der Waals surface area (Å²) < 4.78 is 5.08. The van der Waals surface area contributed by atoms with E-state index in [1.807, 2.05) is 0 Å². The third kappa shape index (κ3) is 4.49. The third-order valence-electron chi connectivity index (χ3n) is 5.72. The molecule has 4 rings (SSSR count). The summed E-state index contributed by atoms with van der Waals surface area (Å²) in [6.07, 6.45) is 3.29. The molecule has 1 aliphatic carbocycles. The summed E-state index contributed by atoms with van der Waals surface area (Å²) in [6.45, 7) is -0.519. The van der Waals surface area contributed by atoms with E-state index in [4.69, 9.17) is 27.9 Å². The van der Waals surface area contributed by atoms with E-state index in [0.29, 0.717) is 29.2 Å². The van der Waals surface area contributed by atoms with Gasteiger partial charge in [-0.2, -0.15) is 0 Å². The van der Waals surface area contributed by atoms with Gasteiger partial charge in [0.15, 0.2) is 6.61 Å². The van der Waals surface area contributed by atoms with Gasteiger partial charge in [-0.3, -0.25) is 19.3 Å². The van der Waals surface area contributed by atoms with Crippen molar-refractivity contribution in [2.75, 3.05) is 16.8 Å². The SMILES string of the molecule is O=C(COC(=O)c1cccc(N2C(=O)[C@@H]3CCCC[C@H]3C2=O)c1)Nc1ccc(Cl)c(Cl)c1. The number of fused-ring (bicyclic) bond motifs is 1. The Morgan fingerprint density at radius 1 is 0.969 bits per heavy atom. The van der Waals surface area contributed by atoms with E-state index in [9.17, 15) is 19.2 Å². The van der Waals surface area contributed by atoms with Crippen molar-refractivity contribution >= 4 is 58.3 Å². The van der Waals surface area contributed by atoms with Gasteiger partial charge in [0.25, 0.3) is 5.91 Å². The summed E-state index contributed by atoms with van der Waals surface area (Å²) >= 11 is 11.8. The fourth-order valence-corrected chi connectivity index (χ4v) is 4.47. The number of nitrogens with zero attached hydrogens (tertiary/aromatic N) is 1. The zero-order valence-corrected chi connectivity index (χ0v) is 18.5. The smallest absolute Gasteiger partial charge is 0.338 e. The number of carbonyl (C=O) groups is 4. The van der Waals surface area contributed by atoms with Crippen LogP contribution in [0.2, 0.25) is 10.0 Å². The molecule has 0 bridgehead atoms. The predicted molar refractivity (Wildman–Crippen MR) is 120 cm³/mol. The summed E-state index contributed by atoms with van der Waals surface area (Å²) in [5.74, 6) is -2.29. The molecule has 2 aromatic rings. The average Bonchev–Trinajstić information content (AvgIpc) is 3.05. The molecule has 1 saturated heterocycles. The van der Waals surface area contributed by atoms with Crippen molar-refractivity contribution in [3.63, 3.8) is 0 Å². The van der Waals surface area contributed by atoms with Crippen molar-refractivity contribution in [3.05, 3.63) is 58.1 Å². The minimum Gasteiger partial charge on any atom is -0.452 e. The lowest BCUT2D eigenvalue weighted by atomic mass is 9.81.